The summed E-state index contributed by atoms with van der Waals surface area (Å²) < 4.78 is 5.40. The average molecular weight is 389 g/mol. The molecule has 1 aromatic carbocycles. The van der Waals surface area contributed by atoms with Crippen LogP contribution in [0.1, 0.15) is 44.4 Å². The molecule has 0 atom stereocenters. The van der Waals surface area contributed by atoms with Crippen molar-refractivity contribution in [3.63, 3.8) is 0 Å². The van der Waals surface area contributed by atoms with Gasteiger partial charge in [0.1, 0.15) is 0 Å². The Kier molecular flexibility index (Phi) is 5.74. The quantitative estimate of drug-likeness (QED) is 0.846. The van der Waals surface area contributed by atoms with Crippen molar-refractivity contribution in [2.24, 2.45) is 5.92 Å². The Morgan fingerprint density at radius 3 is 2.67 bits per heavy atom. The molecule has 2 heterocycles. The summed E-state index contributed by atoms with van der Waals surface area (Å²) in [6, 6.07) is 7.87. The number of benzene rings is 1. The molecule has 2 aromatic rings. The van der Waals surface area contributed by atoms with E-state index in [0.29, 0.717) is 29.3 Å². The van der Waals surface area contributed by atoms with E-state index in [1.165, 1.54) is 12.8 Å². The largest absolute Gasteiger partial charge is 0.353 e. The Balaban J connectivity index is 1.28. The lowest BCUT2D eigenvalue weighted by atomic mass is 9.95. The number of aromatic nitrogens is 2. The van der Waals surface area contributed by atoms with Gasteiger partial charge in [0.25, 0.3) is 0 Å². The summed E-state index contributed by atoms with van der Waals surface area (Å²) in [7, 11) is 0. The van der Waals surface area contributed by atoms with Crippen molar-refractivity contribution >= 4 is 17.5 Å². The zero-order valence-corrected chi connectivity index (χ0v) is 16.1. The number of carbonyl (C=O) groups excluding carboxylic acids is 1. The third kappa shape index (κ3) is 4.50. The van der Waals surface area contributed by atoms with Gasteiger partial charge >= 0.3 is 0 Å². The van der Waals surface area contributed by atoms with Gasteiger partial charge in [-0.15, -0.1) is 0 Å². The molecule has 1 aliphatic heterocycles. The van der Waals surface area contributed by atoms with Crippen LogP contribution in [0.15, 0.2) is 28.8 Å². The third-order valence-corrected chi connectivity index (χ3v) is 5.93. The zero-order chi connectivity index (χ0) is 18.6. The van der Waals surface area contributed by atoms with Gasteiger partial charge in [-0.3, -0.25) is 9.69 Å². The highest BCUT2D eigenvalue weighted by Gasteiger charge is 2.28. The minimum atomic E-state index is 0.128. The van der Waals surface area contributed by atoms with Crippen molar-refractivity contribution in [1.29, 1.82) is 0 Å². The number of nitrogens with zero attached hydrogens (tertiary/aromatic N) is 3. The van der Waals surface area contributed by atoms with E-state index in [1.54, 1.807) is 0 Å². The number of piperidine rings is 1. The van der Waals surface area contributed by atoms with Crippen molar-refractivity contribution in [3.05, 3.63) is 35.2 Å². The smallest absolute Gasteiger partial charge is 0.241 e. The molecule has 1 amide bonds. The molecule has 0 unspecified atom stereocenters. The lowest BCUT2D eigenvalue weighted by Gasteiger charge is -2.30. The molecule has 27 heavy (non-hydrogen) atoms. The van der Waals surface area contributed by atoms with Crippen LogP contribution in [0.25, 0.3) is 11.4 Å². The molecule has 0 spiro atoms. The summed E-state index contributed by atoms with van der Waals surface area (Å²) in [5.74, 6) is 1.46. The van der Waals surface area contributed by atoms with Crippen LogP contribution in [0.5, 0.6) is 0 Å². The van der Waals surface area contributed by atoms with Crippen LogP contribution in [0, 0.1) is 5.92 Å². The van der Waals surface area contributed by atoms with Gasteiger partial charge < -0.3 is 9.84 Å². The van der Waals surface area contributed by atoms with Crippen LogP contribution in [0.2, 0.25) is 5.02 Å². The van der Waals surface area contributed by atoms with Gasteiger partial charge in [0.2, 0.25) is 17.6 Å². The van der Waals surface area contributed by atoms with Gasteiger partial charge in [-0.25, -0.2) is 0 Å². The minimum absolute atomic E-state index is 0.128. The first-order valence-electron chi connectivity index (χ1n) is 9.79. The number of carbonyl (C=O) groups is 1. The molecular formula is C20H25ClN4O2. The second kappa shape index (κ2) is 8.40. The summed E-state index contributed by atoms with van der Waals surface area (Å²) in [5, 5.41) is 7.89. The maximum absolute atomic E-state index is 12.4. The summed E-state index contributed by atoms with van der Waals surface area (Å²) in [6.45, 7) is 2.34. The van der Waals surface area contributed by atoms with Crippen LogP contribution < -0.4 is 5.32 Å². The fourth-order valence-electron chi connectivity index (χ4n) is 4.00. The van der Waals surface area contributed by atoms with Crippen LogP contribution in [-0.2, 0) is 11.3 Å². The fourth-order valence-corrected chi connectivity index (χ4v) is 4.23. The highest BCUT2D eigenvalue weighted by molar-refractivity contribution is 6.33. The second-order valence-corrected chi connectivity index (χ2v) is 7.94. The predicted molar refractivity (Wildman–Crippen MR) is 103 cm³/mol. The van der Waals surface area contributed by atoms with Crippen LogP contribution in [0.3, 0.4) is 0 Å². The lowest BCUT2D eigenvalue weighted by Crippen LogP contribution is -2.43. The van der Waals surface area contributed by atoms with E-state index in [1.807, 2.05) is 24.3 Å². The monoisotopic (exact) mass is 388 g/mol. The van der Waals surface area contributed by atoms with E-state index >= 15 is 0 Å². The topological polar surface area (TPSA) is 71.3 Å². The van der Waals surface area contributed by atoms with Crippen molar-refractivity contribution in [1.82, 2.24) is 20.4 Å². The van der Waals surface area contributed by atoms with Crippen LogP contribution >= 0.6 is 11.6 Å². The Labute approximate surface area is 164 Å². The van der Waals surface area contributed by atoms with Gasteiger partial charge in [-0.05, 0) is 50.9 Å². The van der Waals surface area contributed by atoms with Gasteiger partial charge in [0.15, 0.2) is 0 Å². The van der Waals surface area contributed by atoms with Gasteiger partial charge in [0.05, 0.1) is 11.6 Å². The number of likely N-dealkylation sites (tertiary alicyclic amines) is 1. The molecule has 2 aliphatic rings. The first-order chi connectivity index (χ1) is 13.2. The molecule has 1 saturated heterocycles. The van der Waals surface area contributed by atoms with E-state index < -0.39 is 0 Å². The van der Waals surface area contributed by atoms with Crippen molar-refractivity contribution < 1.29 is 9.32 Å². The minimum Gasteiger partial charge on any atom is -0.353 e. The average Bonchev–Trinajstić information content (AvgIpc) is 3.35. The van der Waals surface area contributed by atoms with Gasteiger partial charge in [-0.1, -0.05) is 41.7 Å². The molecule has 2 fully saturated rings. The van der Waals surface area contributed by atoms with E-state index in [4.69, 9.17) is 16.1 Å². The number of hydrogen-bond acceptors (Lipinski definition) is 5. The van der Waals surface area contributed by atoms with E-state index in [9.17, 15) is 4.79 Å². The molecular weight excluding hydrogens is 364 g/mol. The first kappa shape index (κ1) is 18.4. The van der Waals surface area contributed by atoms with Crippen LogP contribution in [-0.4, -0.2) is 40.1 Å². The number of amides is 1. The van der Waals surface area contributed by atoms with Crippen LogP contribution in [0.4, 0.5) is 0 Å². The van der Waals surface area contributed by atoms with Crippen molar-refractivity contribution in [2.45, 2.75) is 51.1 Å². The van der Waals surface area contributed by atoms with E-state index in [0.717, 1.165) is 44.3 Å². The van der Waals surface area contributed by atoms with Crippen molar-refractivity contribution in [3.8, 4) is 11.4 Å². The molecule has 144 valence electrons. The molecule has 1 saturated carbocycles. The van der Waals surface area contributed by atoms with Gasteiger partial charge in [-0.2, -0.15) is 4.98 Å². The van der Waals surface area contributed by atoms with E-state index in [-0.39, 0.29) is 11.8 Å². The first-order valence-corrected chi connectivity index (χ1v) is 10.2. The highest BCUT2D eigenvalue weighted by Crippen LogP contribution is 2.26. The normalized spacial score (nSPS) is 19.4. The summed E-state index contributed by atoms with van der Waals surface area (Å²) in [5.41, 5.74) is 0.774. The molecule has 1 N–H and O–H groups in total. The number of rotatable bonds is 5. The number of halogens is 1. The fraction of sp³-hybridized carbons (Fsp3) is 0.550. The summed E-state index contributed by atoms with van der Waals surface area (Å²) in [6.07, 6.45) is 6.51. The standard InChI is InChI=1S/C20H25ClN4O2/c21-17-8-4-3-7-16(17)19-23-18(27-24-19)13-25-11-9-14(10-12-25)20(26)22-15-5-1-2-6-15/h3-4,7-8,14-15H,1-2,5-6,9-13H2,(H,22,26). The molecule has 4 rings (SSSR count). The molecule has 7 heteroatoms. The summed E-state index contributed by atoms with van der Waals surface area (Å²) in [4.78, 5) is 19.2. The predicted octanol–water partition coefficient (Wildman–Crippen LogP) is 3.66. The number of hydrogen-bond donors (Lipinski definition) is 1. The second-order valence-electron chi connectivity index (χ2n) is 7.53. The maximum atomic E-state index is 12.4. The molecule has 1 aliphatic carbocycles. The van der Waals surface area contributed by atoms with Gasteiger partial charge in [0, 0.05) is 17.5 Å². The lowest BCUT2D eigenvalue weighted by molar-refractivity contribution is -0.127. The third-order valence-electron chi connectivity index (χ3n) is 5.60. The van der Waals surface area contributed by atoms with Crippen molar-refractivity contribution in [2.75, 3.05) is 13.1 Å². The molecule has 1 aromatic heterocycles. The zero-order valence-electron chi connectivity index (χ0n) is 15.4. The van der Waals surface area contributed by atoms with E-state index in [2.05, 4.69) is 20.4 Å². The Morgan fingerprint density at radius 1 is 1.19 bits per heavy atom. The SMILES string of the molecule is O=C(NC1CCCC1)C1CCN(Cc2nc(-c3ccccc3Cl)no2)CC1. The Bertz CT molecular complexity index is 780. The summed E-state index contributed by atoms with van der Waals surface area (Å²) >= 11 is 6.20. The highest BCUT2D eigenvalue weighted by atomic mass is 35.5. The Morgan fingerprint density at radius 2 is 1.93 bits per heavy atom. The molecule has 0 radical (unpaired) electrons. The molecule has 0 bridgehead atoms. The number of nitrogens with one attached hydrogen (secondary N) is 1. The molecule has 6 nitrogen and oxygen atoms in total. The Hall–Kier alpha value is -1.92. The maximum Gasteiger partial charge on any atom is 0.241 e.